The van der Waals surface area contributed by atoms with Gasteiger partial charge in [-0.25, -0.2) is 0 Å². The largest absolute Gasteiger partial charge is 0.497 e. The predicted molar refractivity (Wildman–Crippen MR) is 114 cm³/mol. The molecule has 1 aromatic heterocycles. The van der Waals surface area contributed by atoms with Gasteiger partial charge >= 0.3 is 5.69 Å². The first-order valence-corrected chi connectivity index (χ1v) is 10.3. The normalized spacial score (nSPS) is 14.2. The molecule has 156 valence electrons. The van der Waals surface area contributed by atoms with E-state index in [2.05, 4.69) is 0 Å². The number of halogens is 1. The number of amides is 1. The van der Waals surface area contributed by atoms with E-state index >= 15 is 0 Å². The van der Waals surface area contributed by atoms with Crippen LogP contribution in [0, 0.1) is 22.9 Å². The Morgan fingerprint density at radius 3 is 2.53 bits per heavy atom. The van der Waals surface area contributed by atoms with Gasteiger partial charge in [-0.3, -0.25) is 14.9 Å². The number of rotatable bonds is 4. The Bertz CT molecular complexity index is 1140. The number of anilines is 1. The molecule has 0 saturated carbocycles. The number of aryl methyl sites for hydroxylation is 1. The third-order valence-electron chi connectivity index (χ3n) is 5.38. The smallest absolute Gasteiger partial charge is 0.328 e. The maximum absolute atomic E-state index is 14.3. The predicted octanol–water partition coefficient (Wildman–Crippen LogP) is 4.23. The molecule has 1 saturated heterocycles. The molecular weight excluding hydrogens is 409 g/mol. The van der Waals surface area contributed by atoms with E-state index in [1.165, 1.54) is 24.5 Å². The fraction of sp³-hybridized carbons (Fsp3) is 0.286. The minimum Gasteiger partial charge on any atom is -0.497 e. The van der Waals surface area contributed by atoms with Crippen LogP contribution in [0.5, 0.6) is 5.75 Å². The van der Waals surface area contributed by atoms with E-state index in [0.717, 1.165) is 21.7 Å². The van der Waals surface area contributed by atoms with Crippen molar-refractivity contribution in [3.63, 3.8) is 0 Å². The number of piperazine rings is 1. The molecule has 2 heterocycles. The number of hydrogen-bond donors (Lipinski definition) is 0. The minimum absolute atomic E-state index is 0.0420. The molecule has 3 aromatic rings. The number of hydrogen-bond acceptors (Lipinski definition) is 6. The molecule has 1 fully saturated rings. The summed E-state index contributed by atoms with van der Waals surface area (Å²) in [5.74, 6) is -0.763. The second kappa shape index (κ2) is 7.91. The number of carbonyl (C=O) groups excluding carboxylic acids is 1. The average Bonchev–Trinajstić information content (AvgIpc) is 3.09. The molecule has 0 N–H and O–H groups in total. The third kappa shape index (κ3) is 3.45. The Morgan fingerprint density at radius 1 is 1.20 bits per heavy atom. The van der Waals surface area contributed by atoms with E-state index < -0.39 is 16.4 Å². The number of ether oxygens (including phenoxy) is 1. The average molecular weight is 429 g/mol. The van der Waals surface area contributed by atoms with Gasteiger partial charge in [0, 0.05) is 43.0 Å². The van der Waals surface area contributed by atoms with Crippen molar-refractivity contribution in [1.82, 2.24) is 4.90 Å². The molecule has 1 aliphatic rings. The highest BCUT2D eigenvalue weighted by molar-refractivity contribution is 7.21. The van der Waals surface area contributed by atoms with Crippen LogP contribution < -0.4 is 9.64 Å². The summed E-state index contributed by atoms with van der Waals surface area (Å²) < 4.78 is 20.4. The summed E-state index contributed by atoms with van der Waals surface area (Å²) in [5.41, 5.74) is 0.562. The highest BCUT2D eigenvalue weighted by Gasteiger charge is 2.30. The van der Waals surface area contributed by atoms with Crippen LogP contribution in [0.1, 0.15) is 15.2 Å². The van der Waals surface area contributed by atoms with Crippen molar-refractivity contribution in [3.8, 4) is 5.75 Å². The van der Waals surface area contributed by atoms with E-state index in [0.29, 0.717) is 31.1 Å². The van der Waals surface area contributed by atoms with Gasteiger partial charge in [-0.1, -0.05) is 18.2 Å². The van der Waals surface area contributed by atoms with E-state index in [9.17, 15) is 19.3 Å². The first-order chi connectivity index (χ1) is 14.4. The second-order valence-corrected chi connectivity index (χ2v) is 8.12. The number of fused-ring (bicyclic) bond motifs is 1. The van der Waals surface area contributed by atoms with E-state index in [1.54, 1.807) is 9.80 Å². The highest BCUT2D eigenvalue weighted by Crippen LogP contribution is 2.36. The second-order valence-electron chi connectivity index (χ2n) is 7.07. The fourth-order valence-electron chi connectivity index (χ4n) is 3.77. The molecular formula is C21H20FN3O4S. The fourth-order valence-corrected chi connectivity index (χ4v) is 4.95. The summed E-state index contributed by atoms with van der Waals surface area (Å²) in [6.45, 7) is 3.46. The Balaban J connectivity index is 1.55. The Kier molecular flexibility index (Phi) is 5.29. The lowest BCUT2D eigenvalue weighted by Gasteiger charge is -2.35. The standard InChI is InChI=1S/C21H20FN3O4S/c1-13-15-5-3-4-6-18(15)30-20(13)21(26)24-9-7-23(8-10-24)17-12-14(29-2)11-16(22)19(17)25(27)28/h3-6,11-12H,7-10H2,1-2H3. The van der Waals surface area contributed by atoms with Gasteiger partial charge in [0.15, 0.2) is 0 Å². The Morgan fingerprint density at radius 2 is 1.90 bits per heavy atom. The van der Waals surface area contributed by atoms with Crippen molar-refractivity contribution in [2.24, 2.45) is 0 Å². The number of nitrogens with zero attached hydrogens (tertiary/aromatic N) is 3. The molecule has 4 rings (SSSR count). The molecule has 0 bridgehead atoms. The molecule has 1 aliphatic heterocycles. The SMILES string of the molecule is COc1cc(F)c([N+](=O)[O-])c(N2CCN(C(=O)c3sc4ccccc4c3C)CC2)c1. The topological polar surface area (TPSA) is 75.9 Å². The Labute approximate surface area is 176 Å². The van der Waals surface area contributed by atoms with Gasteiger partial charge in [0.2, 0.25) is 5.82 Å². The lowest BCUT2D eigenvalue weighted by molar-refractivity contribution is -0.386. The first kappa shape index (κ1) is 20.1. The summed E-state index contributed by atoms with van der Waals surface area (Å²) in [7, 11) is 1.38. The van der Waals surface area contributed by atoms with Crippen molar-refractivity contribution in [3.05, 3.63) is 62.8 Å². The summed E-state index contributed by atoms with van der Waals surface area (Å²) in [4.78, 5) is 28.0. The number of benzene rings is 2. The van der Waals surface area contributed by atoms with Crippen LogP contribution in [0.15, 0.2) is 36.4 Å². The summed E-state index contributed by atoms with van der Waals surface area (Å²) in [5, 5.41) is 12.5. The zero-order chi connectivity index (χ0) is 21.4. The maximum Gasteiger partial charge on any atom is 0.328 e. The first-order valence-electron chi connectivity index (χ1n) is 9.45. The van der Waals surface area contributed by atoms with Gasteiger partial charge in [-0.2, -0.15) is 4.39 Å². The van der Waals surface area contributed by atoms with Crippen LogP contribution in [0.4, 0.5) is 15.8 Å². The number of nitro groups is 1. The van der Waals surface area contributed by atoms with Crippen LogP contribution in [0.25, 0.3) is 10.1 Å². The molecule has 30 heavy (non-hydrogen) atoms. The molecule has 9 heteroatoms. The van der Waals surface area contributed by atoms with Crippen LogP contribution in [0.2, 0.25) is 0 Å². The van der Waals surface area contributed by atoms with Crippen molar-refractivity contribution in [1.29, 1.82) is 0 Å². The molecule has 1 amide bonds. The van der Waals surface area contributed by atoms with Crippen molar-refractivity contribution < 1.29 is 18.8 Å². The summed E-state index contributed by atoms with van der Waals surface area (Å²) in [6, 6.07) is 10.4. The molecule has 2 aromatic carbocycles. The van der Waals surface area contributed by atoms with Gasteiger partial charge in [0.05, 0.1) is 16.9 Å². The van der Waals surface area contributed by atoms with Crippen molar-refractivity contribution in [2.75, 3.05) is 38.2 Å². The van der Waals surface area contributed by atoms with Gasteiger partial charge in [0.1, 0.15) is 11.4 Å². The number of thiophene rings is 1. The minimum atomic E-state index is -0.936. The molecule has 0 spiro atoms. The van der Waals surface area contributed by atoms with Gasteiger partial charge in [-0.15, -0.1) is 11.3 Å². The van der Waals surface area contributed by atoms with Gasteiger partial charge in [-0.05, 0) is 23.9 Å². The molecule has 7 nitrogen and oxygen atoms in total. The number of methoxy groups -OCH3 is 1. The number of carbonyl (C=O) groups is 1. The zero-order valence-corrected chi connectivity index (χ0v) is 17.4. The van der Waals surface area contributed by atoms with Crippen molar-refractivity contribution >= 4 is 38.7 Å². The van der Waals surface area contributed by atoms with Crippen molar-refractivity contribution in [2.45, 2.75) is 6.92 Å². The van der Waals surface area contributed by atoms with Crippen LogP contribution in [-0.2, 0) is 0 Å². The van der Waals surface area contributed by atoms with Gasteiger partial charge in [0.25, 0.3) is 5.91 Å². The lowest BCUT2D eigenvalue weighted by Crippen LogP contribution is -2.49. The monoisotopic (exact) mass is 429 g/mol. The molecule has 0 radical (unpaired) electrons. The third-order valence-corrected chi connectivity index (χ3v) is 6.64. The quantitative estimate of drug-likeness (QED) is 0.458. The zero-order valence-electron chi connectivity index (χ0n) is 16.6. The van der Waals surface area contributed by atoms with Crippen LogP contribution >= 0.6 is 11.3 Å². The Hall–Kier alpha value is -3.20. The molecule has 0 aliphatic carbocycles. The molecule has 0 unspecified atom stereocenters. The van der Waals surface area contributed by atoms with Gasteiger partial charge < -0.3 is 14.5 Å². The maximum atomic E-state index is 14.3. The van der Waals surface area contributed by atoms with E-state index in [1.807, 2.05) is 31.2 Å². The van der Waals surface area contributed by atoms with E-state index in [-0.39, 0.29) is 17.3 Å². The highest BCUT2D eigenvalue weighted by atomic mass is 32.1. The van der Waals surface area contributed by atoms with E-state index in [4.69, 9.17) is 4.74 Å². The molecule has 0 atom stereocenters. The van der Waals surface area contributed by atoms with Crippen LogP contribution in [0.3, 0.4) is 0 Å². The number of nitro benzene ring substituents is 1. The summed E-state index contributed by atoms with van der Waals surface area (Å²) in [6.07, 6.45) is 0. The van der Waals surface area contributed by atoms with Crippen LogP contribution in [-0.4, -0.2) is 49.0 Å². The summed E-state index contributed by atoms with van der Waals surface area (Å²) >= 11 is 1.48. The lowest BCUT2D eigenvalue weighted by atomic mass is 10.1.